The van der Waals surface area contributed by atoms with Crippen molar-refractivity contribution < 1.29 is 13.2 Å². The van der Waals surface area contributed by atoms with E-state index in [1.165, 1.54) is 44.7 Å². The zero-order valence-electron chi connectivity index (χ0n) is 16.4. The van der Waals surface area contributed by atoms with Crippen LogP contribution >= 0.6 is 11.3 Å². The van der Waals surface area contributed by atoms with Gasteiger partial charge in [-0.1, -0.05) is 26.7 Å². The average molecular weight is 414 g/mol. The van der Waals surface area contributed by atoms with E-state index in [9.17, 15) is 13.2 Å². The number of nitrogens with zero attached hydrogens (tertiary/aromatic N) is 3. The molecule has 27 heavy (non-hydrogen) atoms. The van der Waals surface area contributed by atoms with Gasteiger partial charge in [0.1, 0.15) is 0 Å². The highest BCUT2D eigenvalue weighted by Gasteiger charge is 2.32. The van der Waals surface area contributed by atoms with E-state index in [4.69, 9.17) is 0 Å². The standard InChI is InChI=1S/C19H31N3O3S2/c1-3-21(4-2)27(24,25)22-13-11-20(12-14-22)19(23)18-15-16-9-7-5-6-8-10-17(16)26-18/h15H,3-14H2,1-2H3. The predicted molar refractivity (Wildman–Crippen MR) is 110 cm³/mol. The van der Waals surface area contributed by atoms with Crippen molar-refractivity contribution in [3.8, 4) is 0 Å². The monoisotopic (exact) mass is 413 g/mol. The first kappa shape index (κ1) is 20.8. The van der Waals surface area contributed by atoms with Gasteiger partial charge in [-0.25, -0.2) is 0 Å². The van der Waals surface area contributed by atoms with Crippen LogP contribution in [0.25, 0.3) is 0 Å². The van der Waals surface area contributed by atoms with Crippen LogP contribution in [0.5, 0.6) is 0 Å². The molecule has 0 atom stereocenters. The molecule has 0 radical (unpaired) electrons. The van der Waals surface area contributed by atoms with Crippen LogP contribution in [0.1, 0.15) is 59.6 Å². The Kier molecular flexibility index (Phi) is 6.94. The summed E-state index contributed by atoms with van der Waals surface area (Å²) in [7, 11) is -3.42. The van der Waals surface area contributed by atoms with Gasteiger partial charge >= 0.3 is 0 Å². The lowest BCUT2D eigenvalue weighted by atomic mass is 10.00. The first-order chi connectivity index (χ1) is 13.0. The first-order valence-corrected chi connectivity index (χ1v) is 12.3. The van der Waals surface area contributed by atoms with Gasteiger partial charge in [-0.3, -0.25) is 4.79 Å². The second kappa shape index (κ2) is 9.03. The molecule has 1 aromatic heterocycles. The molecular weight excluding hydrogens is 382 g/mol. The molecule has 152 valence electrons. The minimum Gasteiger partial charge on any atom is -0.335 e. The Morgan fingerprint density at radius 1 is 1.04 bits per heavy atom. The van der Waals surface area contributed by atoms with Crippen molar-refractivity contribution in [1.82, 2.24) is 13.5 Å². The number of piperazine rings is 1. The summed E-state index contributed by atoms with van der Waals surface area (Å²) in [5, 5.41) is 0. The Bertz CT molecular complexity index is 723. The van der Waals surface area contributed by atoms with Gasteiger partial charge in [0.05, 0.1) is 4.88 Å². The third kappa shape index (κ3) is 4.55. The molecule has 1 aromatic rings. The molecule has 0 N–H and O–H groups in total. The number of carbonyl (C=O) groups is 1. The number of rotatable bonds is 5. The summed E-state index contributed by atoms with van der Waals surface area (Å²) in [6.07, 6.45) is 7.14. The molecule has 1 aliphatic heterocycles. The average Bonchev–Trinajstić information content (AvgIpc) is 3.04. The highest BCUT2D eigenvalue weighted by molar-refractivity contribution is 7.86. The van der Waals surface area contributed by atoms with Crippen LogP contribution in [0.4, 0.5) is 0 Å². The van der Waals surface area contributed by atoms with Gasteiger partial charge in [-0.2, -0.15) is 17.0 Å². The van der Waals surface area contributed by atoms with Crippen molar-refractivity contribution in [2.75, 3.05) is 39.3 Å². The summed E-state index contributed by atoms with van der Waals surface area (Å²) < 4.78 is 28.3. The lowest BCUT2D eigenvalue weighted by Crippen LogP contribution is -2.54. The van der Waals surface area contributed by atoms with Crippen molar-refractivity contribution in [3.05, 3.63) is 21.4 Å². The molecule has 0 bridgehead atoms. The van der Waals surface area contributed by atoms with Crippen molar-refractivity contribution in [3.63, 3.8) is 0 Å². The van der Waals surface area contributed by atoms with E-state index in [1.54, 1.807) is 11.3 Å². The normalized spacial score (nSPS) is 19.6. The van der Waals surface area contributed by atoms with E-state index in [0.717, 1.165) is 17.7 Å². The summed E-state index contributed by atoms with van der Waals surface area (Å²) in [6.45, 7) is 6.31. The molecule has 1 amide bonds. The van der Waals surface area contributed by atoms with E-state index in [0.29, 0.717) is 39.3 Å². The number of thiophene rings is 1. The molecule has 0 unspecified atom stereocenters. The van der Waals surface area contributed by atoms with Crippen LogP contribution in [0.15, 0.2) is 6.07 Å². The van der Waals surface area contributed by atoms with Crippen LogP contribution < -0.4 is 0 Å². The SMILES string of the molecule is CCN(CC)S(=O)(=O)N1CCN(C(=O)c2cc3c(s2)CCCCCC3)CC1. The molecule has 8 heteroatoms. The quantitative estimate of drug-likeness (QED) is 0.746. The van der Waals surface area contributed by atoms with Gasteiger partial charge in [-0.15, -0.1) is 11.3 Å². The van der Waals surface area contributed by atoms with Crippen molar-refractivity contribution in [2.45, 2.75) is 52.4 Å². The zero-order valence-corrected chi connectivity index (χ0v) is 18.1. The molecule has 1 saturated heterocycles. The maximum absolute atomic E-state index is 12.9. The Balaban J connectivity index is 1.64. The van der Waals surface area contributed by atoms with Gasteiger partial charge in [0.15, 0.2) is 0 Å². The minimum absolute atomic E-state index is 0.0617. The number of carbonyl (C=O) groups excluding carboxylic acids is 1. The van der Waals surface area contributed by atoms with Gasteiger partial charge < -0.3 is 4.90 Å². The third-order valence-corrected chi connectivity index (χ3v) is 9.00. The molecule has 2 aliphatic rings. The van der Waals surface area contributed by atoms with E-state index in [2.05, 4.69) is 6.07 Å². The van der Waals surface area contributed by atoms with Crippen molar-refractivity contribution in [1.29, 1.82) is 0 Å². The molecule has 2 heterocycles. The number of hydrogen-bond donors (Lipinski definition) is 0. The molecule has 0 saturated carbocycles. The van der Waals surface area contributed by atoms with Crippen LogP contribution in [0.3, 0.4) is 0 Å². The molecular formula is C19H31N3O3S2. The lowest BCUT2D eigenvalue weighted by molar-refractivity contribution is 0.0699. The Hall–Kier alpha value is -0.960. The maximum atomic E-state index is 12.9. The molecule has 1 aliphatic carbocycles. The Morgan fingerprint density at radius 3 is 2.30 bits per heavy atom. The summed E-state index contributed by atoms with van der Waals surface area (Å²) in [5.41, 5.74) is 1.35. The molecule has 0 aromatic carbocycles. The van der Waals surface area contributed by atoms with E-state index < -0.39 is 10.2 Å². The Labute approximate surface area is 167 Å². The van der Waals surface area contributed by atoms with Gasteiger partial charge in [0.2, 0.25) is 0 Å². The third-order valence-electron chi connectivity index (χ3n) is 5.59. The van der Waals surface area contributed by atoms with E-state index in [1.807, 2.05) is 18.7 Å². The van der Waals surface area contributed by atoms with Crippen LogP contribution in [0.2, 0.25) is 0 Å². The number of fused-ring (bicyclic) bond motifs is 1. The number of aryl methyl sites for hydroxylation is 2. The van der Waals surface area contributed by atoms with Gasteiger partial charge in [0, 0.05) is 44.1 Å². The fourth-order valence-electron chi connectivity index (χ4n) is 3.94. The Morgan fingerprint density at radius 2 is 1.67 bits per heavy atom. The smallest absolute Gasteiger partial charge is 0.282 e. The highest BCUT2D eigenvalue weighted by Crippen LogP contribution is 2.29. The molecule has 3 rings (SSSR count). The molecule has 6 nitrogen and oxygen atoms in total. The van der Waals surface area contributed by atoms with Crippen molar-refractivity contribution in [2.24, 2.45) is 0 Å². The fraction of sp³-hybridized carbons (Fsp3) is 0.737. The first-order valence-electron chi connectivity index (χ1n) is 10.1. The summed E-state index contributed by atoms with van der Waals surface area (Å²) in [4.78, 5) is 17.0. The number of hydrogen-bond acceptors (Lipinski definition) is 4. The van der Waals surface area contributed by atoms with Crippen LogP contribution in [-0.4, -0.2) is 67.1 Å². The largest absolute Gasteiger partial charge is 0.335 e. The minimum atomic E-state index is -3.42. The van der Waals surface area contributed by atoms with Crippen LogP contribution in [0, 0.1) is 0 Å². The second-order valence-electron chi connectivity index (χ2n) is 7.26. The highest BCUT2D eigenvalue weighted by atomic mass is 32.2. The predicted octanol–water partition coefficient (Wildman–Crippen LogP) is 2.75. The van der Waals surface area contributed by atoms with E-state index in [-0.39, 0.29) is 5.91 Å². The molecule has 0 spiro atoms. The van der Waals surface area contributed by atoms with Gasteiger partial charge in [0.25, 0.3) is 16.1 Å². The summed E-state index contributed by atoms with van der Waals surface area (Å²) in [6, 6.07) is 2.09. The van der Waals surface area contributed by atoms with E-state index >= 15 is 0 Å². The second-order valence-corrected chi connectivity index (χ2v) is 10.3. The topological polar surface area (TPSA) is 60.9 Å². The van der Waals surface area contributed by atoms with Crippen molar-refractivity contribution >= 4 is 27.5 Å². The molecule has 1 fully saturated rings. The van der Waals surface area contributed by atoms with Crippen LogP contribution in [-0.2, 0) is 23.1 Å². The fourth-order valence-corrected chi connectivity index (χ4v) is 6.77. The number of amides is 1. The summed E-state index contributed by atoms with van der Waals surface area (Å²) in [5.74, 6) is 0.0617. The summed E-state index contributed by atoms with van der Waals surface area (Å²) >= 11 is 1.65. The van der Waals surface area contributed by atoms with Gasteiger partial charge in [-0.05, 0) is 37.3 Å². The lowest BCUT2D eigenvalue weighted by Gasteiger charge is -2.36. The maximum Gasteiger partial charge on any atom is 0.282 e. The zero-order chi connectivity index (χ0) is 19.4.